The van der Waals surface area contributed by atoms with E-state index in [0.717, 1.165) is 16.3 Å². The smallest absolute Gasteiger partial charge is 0.349 e. The van der Waals surface area contributed by atoms with Crippen molar-refractivity contribution in [3.63, 3.8) is 0 Å². The van der Waals surface area contributed by atoms with Crippen LogP contribution in [0.3, 0.4) is 0 Å². The number of thiazole rings is 1. The van der Waals surface area contributed by atoms with Gasteiger partial charge in [-0.3, -0.25) is 9.36 Å². The van der Waals surface area contributed by atoms with Crippen molar-refractivity contribution < 1.29 is 13.9 Å². The predicted molar refractivity (Wildman–Crippen MR) is 127 cm³/mol. The molecule has 0 saturated carbocycles. The fraction of sp³-hybridized carbons (Fsp3) is 0.304. The summed E-state index contributed by atoms with van der Waals surface area (Å²) in [6.07, 6.45) is 1.53. The number of carbonyl (C=O) groups is 1. The maximum Gasteiger partial charge on any atom is 0.349 e. The number of aromatic nitrogens is 3. The molecule has 4 heterocycles. The number of aryl methyl sites for hydroxylation is 2. The van der Waals surface area contributed by atoms with E-state index in [1.807, 2.05) is 32.0 Å². The van der Waals surface area contributed by atoms with Gasteiger partial charge in [0.1, 0.15) is 22.6 Å². The number of ether oxygens (including phenoxy) is 1. The number of rotatable bonds is 5. The van der Waals surface area contributed by atoms with E-state index in [9.17, 15) is 9.59 Å². The Kier molecular flexibility index (Phi) is 5.69. The van der Waals surface area contributed by atoms with Gasteiger partial charge in [0, 0.05) is 18.8 Å². The first-order valence-electron chi connectivity index (χ1n) is 10.6. The fourth-order valence-electron chi connectivity index (χ4n) is 3.94. The number of nitrogens with one attached hydrogen (secondary N) is 1. The molecule has 4 aromatic rings. The van der Waals surface area contributed by atoms with E-state index in [4.69, 9.17) is 14.1 Å². The molecule has 5 rings (SSSR count). The first-order chi connectivity index (χ1) is 16.0. The van der Waals surface area contributed by atoms with Gasteiger partial charge in [0.25, 0.3) is 0 Å². The van der Waals surface area contributed by atoms with E-state index >= 15 is 0 Å². The van der Waals surface area contributed by atoms with Gasteiger partial charge in [0.05, 0.1) is 19.5 Å². The van der Waals surface area contributed by atoms with Crippen LogP contribution in [0, 0.1) is 13.8 Å². The molecule has 1 aromatic carbocycles. The standard InChI is InChI=1S/C23H23N5O4S/c1-14-10-15(2)12-16(11-14)24-18(29)13-28-21-20(19(25-22(28)30)17-4-3-7-32-17)26-23(33-21)27-5-8-31-9-6-27/h3-4,7,10-12H,5-6,8-9,13H2,1-2H3,(H,24,29). The molecule has 9 nitrogen and oxygen atoms in total. The summed E-state index contributed by atoms with van der Waals surface area (Å²) in [5.41, 5.74) is 3.18. The molecule has 0 radical (unpaired) electrons. The normalized spacial score (nSPS) is 14.1. The molecule has 170 valence electrons. The van der Waals surface area contributed by atoms with Gasteiger partial charge in [-0.15, -0.1) is 0 Å². The quantitative estimate of drug-likeness (QED) is 0.483. The topological polar surface area (TPSA) is 102 Å². The average molecular weight is 466 g/mol. The molecule has 1 amide bonds. The highest BCUT2D eigenvalue weighted by Crippen LogP contribution is 2.33. The average Bonchev–Trinajstić information content (AvgIpc) is 3.46. The van der Waals surface area contributed by atoms with Crippen LogP contribution in [0.2, 0.25) is 0 Å². The Morgan fingerprint density at radius 1 is 1.15 bits per heavy atom. The lowest BCUT2D eigenvalue weighted by Crippen LogP contribution is -2.36. The number of nitrogens with zero attached hydrogens (tertiary/aromatic N) is 4. The molecule has 1 aliphatic rings. The van der Waals surface area contributed by atoms with Gasteiger partial charge in [0.2, 0.25) is 5.91 Å². The van der Waals surface area contributed by atoms with E-state index in [1.54, 1.807) is 12.1 Å². The van der Waals surface area contributed by atoms with Crippen LogP contribution < -0.4 is 15.9 Å². The fourth-order valence-corrected chi connectivity index (χ4v) is 5.05. The molecule has 10 heteroatoms. The summed E-state index contributed by atoms with van der Waals surface area (Å²) in [6, 6.07) is 9.30. The van der Waals surface area contributed by atoms with Gasteiger partial charge in [-0.25, -0.2) is 9.78 Å². The zero-order valence-corrected chi connectivity index (χ0v) is 19.1. The third-order valence-corrected chi connectivity index (χ3v) is 6.49. The molecule has 1 N–H and O–H groups in total. The number of carbonyl (C=O) groups excluding carboxylic acids is 1. The molecule has 1 aliphatic heterocycles. The highest BCUT2D eigenvalue weighted by Gasteiger charge is 2.23. The lowest BCUT2D eigenvalue weighted by atomic mass is 10.1. The Morgan fingerprint density at radius 2 is 1.91 bits per heavy atom. The van der Waals surface area contributed by atoms with Gasteiger partial charge < -0.3 is 19.4 Å². The minimum Gasteiger partial charge on any atom is -0.463 e. The molecule has 0 unspecified atom stereocenters. The van der Waals surface area contributed by atoms with Crippen molar-refractivity contribution in [2.45, 2.75) is 20.4 Å². The van der Waals surface area contributed by atoms with Crippen molar-refractivity contribution in [1.82, 2.24) is 14.5 Å². The largest absolute Gasteiger partial charge is 0.463 e. The summed E-state index contributed by atoms with van der Waals surface area (Å²) in [6.45, 7) is 6.42. The van der Waals surface area contributed by atoms with E-state index in [2.05, 4.69) is 15.2 Å². The third-order valence-electron chi connectivity index (χ3n) is 5.35. The van der Waals surface area contributed by atoms with E-state index in [-0.39, 0.29) is 12.5 Å². The highest BCUT2D eigenvalue weighted by molar-refractivity contribution is 7.22. The van der Waals surface area contributed by atoms with Crippen LogP contribution in [0.1, 0.15) is 11.1 Å². The summed E-state index contributed by atoms with van der Waals surface area (Å²) in [5, 5.41) is 3.65. The number of benzene rings is 1. The van der Waals surface area contributed by atoms with Crippen molar-refractivity contribution in [1.29, 1.82) is 0 Å². The summed E-state index contributed by atoms with van der Waals surface area (Å²) in [5.74, 6) is 0.153. The zero-order chi connectivity index (χ0) is 22.9. The second-order valence-corrected chi connectivity index (χ2v) is 8.94. The maximum atomic E-state index is 13.0. The molecular weight excluding hydrogens is 442 g/mol. The molecule has 1 saturated heterocycles. The van der Waals surface area contributed by atoms with Gasteiger partial charge in [-0.2, -0.15) is 4.98 Å². The minimum atomic E-state index is -0.526. The molecular formula is C23H23N5O4S. The number of morpholine rings is 1. The Morgan fingerprint density at radius 3 is 2.61 bits per heavy atom. The van der Waals surface area contributed by atoms with Gasteiger partial charge in [0.15, 0.2) is 10.9 Å². The monoisotopic (exact) mass is 465 g/mol. The number of anilines is 2. The van der Waals surface area contributed by atoms with E-state index in [0.29, 0.717) is 53.8 Å². The van der Waals surface area contributed by atoms with E-state index in [1.165, 1.54) is 22.2 Å². The van der Waals surface area contributed by atoms with Crippen molar-refractivity contribution in [3.05, 3.63) is 58.2 Å². The van der Waals surface area contributed by atoms with Crippen molar-refractivity contribution in [3.8, 4) is 11.5 Å². The number of hydrogen-bond donors (Lipinski definition) is 1. The molecule has 0 bridgehead atoms. The van der Waals surface area contributed by atoms with Crippen molar-refractivity contribution in [2.75, 3.05) is 36.5 Å². The van der Waals surface area contributed by atoms with Crippen LogP contribution >= 0.6 is 11.3 Å². The van der Waals surface area contributed by atoms with Gasteiger partial charge >= 0.3 is 5.69 Å². The Hall–Kier alpha value is -3.50. The number of fused-ring (bicyclic) bond motifs is 1. The molecule has 0 spiro atoms. The highest BCUT2D eigenvalue weighted by atomic mass is 32.1. The first-order valence-corrected chi connectivity index (χ1v) is 11.5. The van der Waals surface area contributed by atoms with E-state index < -0.39 is 5.69 Å². The summed E-state index contributed by atoms with van der Waals surface area (Å²) >= 11 is 1.37. The second kappa shape index (κ2) is 8.80. The van der Waals surface area contributed by atoms with Gasteiger partial charge in [-0.1, -0.05) is 17.4 Å². The number of furan rings is 1. The van der Waals surface area contributed by atoms with Gasteiger partial charge in [-0.05, 0) is 49.2 Å². The number of hydrogen-bond acceptors (Lipinski definition) is 8. The Balaban J connectivity index is 1.54. The lowest BCUT2D eigenvalue weighted by molar-refractivity contribution is -0.116. The molecule has 33 heavy (non-hydrogen) atoms. The molecule has 1 fully saturated rings. The van der Waals surface area contributed by atoms with Crippen LogP contribution in [0.4, 0.5) is 10.8 Å². The summed E-state index contributed by atoms with van der Waals surface area (Å²) < 4.78 is 12.3. The van der Waals surface area contributed by atoms with Crippen LogP contribution in [-0.4, -0.2) is 46.7 Å². The molecule has 0 atom stereocenters. The van der Waals surface area contributed by atoms with Crippen LogP contribution in [0.15, 0.2) is 45.8 Å². The zero-order valence-electron chi connectivity index (χ0n) is 18.3. The lowest BCUT2D eigenvalue weighted by Gasteiger charge is -2.25. The van der Waals surface area contributed by atoms with Crippen LogP contribution in [0.5, 0.6) is 0 Å². The first kappa shape index (κ1) is 21.4. The molecule has 3 aromatic heterocycles. The van der Waals surface area contributed by atoms with Crippen molar-refractivity contribution in [2.24, 2.45) is 0 Å². The Labute approximate surface area is 193 Å². The predicted octanol–water partition coefficient (Wildman–Crippen LogP) is 3.21. The third kappa shape index (κ3) is 4.39. The minimum absolute atomic E-state index is 0.168. The van der Waals surface area contributed by atoms with Crippen LogP contribution in [-0.2, 0) is 16.1 Å². The second-order valence-electron chi connectivity index (χ2n) is 7.98. The van der Waals surface area contributed by atoms with Crippen molar-refractivity contribution >= 4 is 38.4 Å². The maximum absolute atomic E-state index is 13.0. The summed E-state index contributed by atoms with van der Waals surface area (Å²) in [7, 11) is 0. The Bertz CT molecular complexity index is 1350. The molecule has 0 aliphatic carbocycles. The SMILES string of the molecule is Cc1cc(C)cc(NC(=O)Cn2c(=O)nc(-c3ccco3)c3nc(N4CCOCC4)sc32)c1. The van der Waals surface area contributed by atoms with Crippen LogP contribution in [0.25, 0.3) is 21.8 Å². The number of amides is 1. The summed E-state index contributed by atoms with van der Waals surface area (Å²) in [4.78, 5) is 37.6.